The quantitative estimate of drug-likeness (QED) is 0.711. The third kappa shape index (κ3) is 2.55. The predicted molar refractivity (Wildman–Crippen MR) is 66.1 cm³/mol. The Morgan fingerprint density at radius 1 is 1.27 bits per heavy atom. The highest BCUT2D eigenvalue weighted by atomic mass is 32.1. The fourth-order valence-corrected chi connectivity index (χ4v) is 2.87. The van der Waals surface area contributed by atoms with Crippen LogP contribution in [-0.4, -0.2) is 30.6 Å². The van der Waals surface area contributed by atoms with Crippen molar-refractivity contribution in [1.82, 2.24) is 4.98 Å². The van der Waals surface area contributed by atoms with Crippen molar-refractivity contribution in [2.45, 2.75) is 13.5 Å². The molecule has 0 saturated heterocycles. The van der Waals surface area contributed by atoms with Gasteiger partial charge in [0, 0.05) is 0 Å². The van der Waals surface area contributed by atoms with Crippen molar-refractivity contribution < 1.29 is 4.48 Å². The first-order valence-electron chi connectivity index (χ1n) is 5.10. The summed E-state index contributed by atoms with van der Waals surface area (Å²) < 4.78 is 2.23. The van der Waals surface area contributed by atoms with Crippen LogP contribution in [0.4, 0.5) is 0 Å². The van der Waals surface area contributed by atoms with Crippen LogP contribution in [-0.2, 0) is 6.54 Å². The summed E-state index contributed by atoms with van der Waals surface area (Å²) in [7, 11) is 6.58. The second-order valence-electron chi connectivity index (χ2n) is 5.03. The smallest absolute Gasteiger partial charge is 0.148 e. The van der Waals surface area contributed by atoms with Crippen LogP contribution in [0.25, 0.3) is 10.2 Å². The van der Waals surface area contributed by atoms with Crippen molar-refractivity contribution in [1.29, 1.82) is 0 Å². The van der Waals surface area contributed by atoms with Gasteiger partial charge in [-0.05, 0) is 24.6 Å². The first kappa shape index (κ1) is 10.6. The molecule has 3 heteroatoms. The van der Waals surface area contributed by atoms with Crippen LogP contribution in [0, 0.1) is 6.92 Å². The normalized spacial score (nSPS) is 12.3. The molecule has 0 aliphatic rings. The van der Waals surface area contributed by atoms with Crippen LogP contribution in [0.15, 0.2) is 18.2 Å². The molecule has 0 spiro atoms. The van der Waals surface area contributed by atoms with E-state index in [-0.39, 0.29) is 0 Å². The van der Waals surface area contributed by atoms with Crippen LogP contribution in [0.1, 0.15) is 10.6 Å². The summed E-state index contributed by atoms with van der Waals surface area (Å²) in [6.45, 7) is 3.12. The molecule has 0 radical (unpaired) electrons. The van der Waals surface area contributed by atoms with Gasteiger partial charge in [0.2, 0.25) is 0 Å². The van der Waals surface area contributed by atoms with Crippen molar-refractivity contribution >= 4 is 21.6 Å². The topological polar surface area (TPSA) is 12.9 Å². The SMILES string of the molecule is Cc1ccc2nc(C[N+](C)(C)C)sc2c1. The molecule has 1 heterocycles. The van der Waals surface area contributed by atoms with E-state index in [4.69, 9.17) is 0 Å². The van der Waals surface area contributed by atoms with Gasteiger partial charge in [-0.25, -0.2) is 4.98 Å². The Bertz CT molecular complexity index is 480. The third-order valence-corrected chi connectivity index (χ3v) is 3.20. The Labute approximate surface area is 94.8 Å². The van der Waals surface area contributed by atoms with Gasteiger partial charge in [-0.3, -0.25) is 0 Å². The number of benzene rings is 1. The summed E-state index contributed by atoms with van der Waals surface area (Å²) in [5, 5.41) is 1.23. The molecule has 80 valence electrons. The van der Waals surface area contributed by atoms with Gasteiger partial charge in [-0.2, -0.15) is 0 Å². The van der Waals surface area contributed by atoms with Gasteiger partial charge >= 0.3 is 0 Å². The van der Waals surface area contributed by atoms with Gasteiger partial charge < -0.3 is 4.48 Å². The van der Waals surface area contributed by atoms with Crippen molar-refractivity contribution in [3.8, 4) is 0 Å². The number of rotatable bonds is 2. The third-order valence-electron chi connectivity index (χ3n) is 2.20. The monoisotopic (exact) mass is 221 g/mol. The number of aryl methyl sites for hydroxylation is 1. The average Bonchev–Trinajstić information content (AvgIpc) is 2.42. The highest BCUT2D eigenvalue weighted by Gasteiger charge is 2.12. The summed E-state index contributed by atoms with van der Waals surface area (Å²) in [5.41, 5.74) is 2.44. The van der Waals surface area contributed by atoms with Crippen molar-refractivity contribution in [3.05, 3.63) is 28.8 Å². The summed E-state index contributed by atoms with van der Waals surface area (Å²) in [5.74, 6) is 0. The number of quaternary nitrogens is 1. The Morgan fingerprint density at radius 3 is 2.67 bits per heavy atom. The lowest BCUT2D eigenvalue weighted by molar-refractivity contribution is -0.883. The average molecular weight is 221 g/mol. The Hall–Kier alpha value is -0.930. The zero-order valence-electron chi connectivity index (χ0n) is 9.74. The highest BCUT2D eigenvalue weighted by Crippen LogP contribution is 2.24. The molecule has 0 N–H and O–H groups in total. The molecule has 0 aliphatic carbocycles. The Morgan fingerprint density at radius 2 is 2.00 bits per heavy atom. The van der Waals surface area contributed by atoms with Gasteiger partial charge in [0.1, 0.15) is 11.6 Å². The van der Waals surface area contributed by atoms with Gasteiger partial charge in [-0.15, -0.1) is 11.3 Å². The van der Waals surface area contributed by atoms with E-state index < -0.39 is 0 Å². The lowest BCUT2D eigenvalue weighted by Crippen LogP contribution is -2.33. The molecule has 0 bridgehead atoms. The van der Waals surface area contributed by atoms with Gasteiger partial charge in [-0.1, -0.05) is 6.07 Å². The van der Waals surface area contributed by atoms with Crippen LogP contribution in [0.2, 0.25) is 0 Å². The van der Waals surface area contributed by atoms with E-state index in [1.807, 2.05) is 11.3 Å². The molecule has 0 amide bonds. The van der Waals surface area contributed by atoms with Gasteiger partial charge in [0.15, 0.2) is 0 Å². The van der Waals surface area contributed by atoms with Crippen molar-refractivity contribution in [2.75, 3.05) is 21.1 Å². The zero-order chi connectivity index (χ0) is 11.1. The standard InChI is InChI=1S/C12H17N2S/c1-9-5-6-10-11(7-9)15-12(13-10)8-14(2,3)4/h5-7H,8H2,1-4H3/q+1. The fourth-order valence-electron chi connectivity index (χ4n) is 1.55. The second-order valence-corrected chi connectivity index (χ2v) is 6.14. The lowest BCUT2D eigenvalue weighted by atomic mass is 10.2. The Kier molecular flexibility index (Phi) is 2.52. The maximum absolute atomic E-state index is 4.64. The summed E-state index contributed by atoms with van der Waals surface area (Å²) in [6.07, 6.45) is 0. The Balaban J connectivity index is 2.39. The molecule has 2 nitrogen and oxygen atoms in total. The van der Waals surface area contributed by atoms with Crippen molar-refractivity contribution in [3.63, 3.8) is 0 Å². The number of hydrogen-bond donors (Lipinski definition) is 0. The molecule has 2 rings (SSSR count). The molecule has 1 aromatic carbocycles. The lowest BCUT2D eigenvalue weighted by Gasteiger charge is -2.21. The molecular weight excluding hydrogens is 204 g/mol. The molecule has 0 unspecified atom stereocenters. The van der Waals surface area contributed by atoms with Crippen LogP contribution < -0.4 is 0 Å². The van der Waals surface area contributed by atoms with E-state index in [9.17, 15) is 0 Å². The number of hydrogen-bond acceptors (Lipinski definition) is 2. The minimum Gasteiger partial charge on any atom is -0.325 e. The van der Waals surface area contributed by atoms with Crippen LogP contribution in [0.5, 0.6) is 0 Å². The summed E-state index contributed by atoms with van der Waals surface area (Å²) in [4.78, 5) is 4.64. The fraction of sp³-hybridized carbons (Fsp3) is 0.417. The summed E-state index contributed by atoms with van der Waals surface area (Å²) in [6, 6.07) is 6.45. The predicted octanol–water partition coefficient (Wildman–Crippen LogP) is 2.81. The minimum atomic E-state index is 0.929. The number of aromatic nitrogens is 1. The highest BCUT2D eigenvalue weighted by molar-refractivity contribution is 7.18. The van der Waals surface area contributed by atoms with E-state index in [0.717, 1.165) is 16.5 Å². The minimum absolute atomic E-state index is 0.929. The number of thiazole rings is 1. The van der Waals surface area contributed by atoms with Crippen LogP contribution >= 0.6 is 11.3 Å². The van der Waals surface area contributed by atoms with E-state index in [0.29, 0.717) is 0 Å². The maximum atomic E-state index is 4.64. The molecule has 2 aromatic rings. The summed E-state index contributed by atoms with van der Waals surface area (Å²) >= 11 is 1.81. The second kappa shape index (κ2) is 3.58. The first-order chi connectivity index (χ1) is 6.94. The molecular formula is C12H17N2S+. The number of nitrogens with zero attached hydrogens (tertiary/aromatic N) is 2. The molecule has 0 atom stereocenters. The van der Waals surface area contributed by atoms with Gasteiger partial charge in [0.25, 0.3) is 0 Å². The van der Waals surface area contributed by atoms with Crippen molar-refractivity contribution in [2.24, 2.45) is 0 Å². The van der Waals surface area contributed by atoms with E-state index >= 15 is 0 Å². The molecule has 0 saturated carbocycles. The first-order valence-corrected chi connectivity index (χ1v) is 5.92. The molecule has 0 aliphatic heterocycles. The van der Waals surface area contributed by atoms with Gasteiger partial charge in [0.05, 0.1) is 31.4 Å². The van der Waals surface area contributed by atoms with E-state index in [1.54, 1.807) is 0 Å². The van der Waals surface area contributed by atoms with E-state index in [1.165, 1.54) is 15.3 Å². The molecule has 15 heavy (non-hydrogen) atoms. The maximum Gasteiger partial charge on any atom is 0.148 e. The van der Waals surface area contributed by atoms with E-state index in [2.05, 4.69) is 51.2 Å². The molecule has 0 fully saturated rings. The van der Waals surface area contributed by atoms with Crippen LogP contribution in [0.3, 0.4) is 0 Å². The molecule has 1 aromatic heterocycles. The zero-order valence-corrected chi connectivity index (χ0v) is 10.6. The number of fused-ring (bicyclic) bond motifs is 1. The largest absolute Gasteiger partial charge is 0.325 e.